The molecule has 0 saturated carbocycles. The van der Waals surface area contributed by atoms with E-state index < -0.39 is 0 Å². The van der Waals surface area contributed by atoms with E-state index in [4.69, 9.17) is 0 Å². The normalized spacial score (nSPS) is 11.2. The lowest BCUT2D eigenvalue weighted by atomic mass is 10.0. The third-order valence-corrected chi connectivity index (χ3v) is 6.13. The Balaban J connectivity index is 1.77. The van der Waals surface area contributed by atoms with E-state index in [1.165, 1.54) is 55.9 Å². The molecule has 0 N–H and O–H groups in total. The van der Waals surface area contributed by atoms with Gasteiger partial charge < -0.3 is 0 Å². The van der Waals surface area contributed by atoms with Crippen LogP contribution in [0.4, 0.5) is 0 Å². The fourth-order valence-corrected chi connectivity index (χ4v) is 4.44. The molecular formula is C29H27N2+. The molecular weight excluding hydrogens is 376 g/mol. The van der Waals surface area contributed by atoms with Crippen molar-refractivity contribution in [3.63, 3.8) is 0 Å². The van der Waals surface area contributed by atoms with E-state index in [9.17, 15) is 0 Å². The number of rotatable bonds is 3. The van der Waals surface area contributed by atoms with Gasteiger partial charge >= 0.3 is 0 Å². The number of hydrogen-bond acceptors (Lipinski definition) is 0. The third-order valence-electron chi connectivity index (χ3n) is 6.13. The highest BCUT2D eigenvalue weighted by atomic mass is 15.2. The van der Waals surface area contributed by atoms with Gasteiger partial charge in [0.05, 0.1) is 12.6 Å². The first-order chi connectivity index (χ1) is 15.0. The molecule has 0 aliphatic rings. The first-order valence-electron chi connectivity index (χ1n) is 10.8. The molecule has 2 nitrogen and oxygen atoms in total. The van der Waals surface area contributed by atoms with E-state index in [1.807, 2.05) is 0 Å². The van der Waals surface area contributed by atoms with Crippen molar-refractivity contribution in [1.82, 2.24) is 4.57 Å². The molecule has 0 saturated heterocycles. The second kappa shape index (κ2) is 7.55. The second-order valence-electron chi connectivity index (χ2n) is 8.44. The van der Waals surface area contributed by atoms with Gasteiger partial charge in [0, 0.05) is 0 Å². The molecule has 1 heterocycles. The molecule has 0 bridgehead atoms. The molecule has 0 radical (unpaired) electrons. The summed E-state index contributed by atoms with van der Waals surface area (Å²) in [5.74, 6) is 1.20. The number of fused-ring (bicyclic) bond motifs is 1. The number of imidazole rings is 1. The molecule has 0 atom stereocenters. The Morgan fingerprint density at radius 2 is 1.29 bits per heavy atom. The summed E-state index contributed by atoms with van der Waals surface area (Å²) >= 11 is 0. The monoisotopic (exact) mass is 403 g/mol. The fourth-order valence-electron chi connectivity index (χ4n) is 4.44. The predicted molar refractivity (Wildman–Crippen MR) is 130 cm³/mol. The molecule has 1 aromatic heterocycles. The summed E-state index contributed by atoms with van der Waals surface area (Å²) in [6.07, 6.45) is 0. The molecule has 0 aliphatic heterocycles. The van der Waals surface area contributed by atoms with Gasteiger partial charge in [0.25, 0.3) is 5.82 Å². The molecule has 0 amide bonds. The Kier molecular flexibility index (Phi) is 4.71. The van der Waals surface area contributed by atoms with Crippen LogP contribution < -0.4 is 4.57 Å². The van der Waals surface area contributed by atoms with Crippen LogP contribution in [0.3, 0.4) is 0 Å². The maximum Gasteiger partial charge on any atom is 0.295 e. The van der Waals surface area contributed by atoms with Crippen LogP contribution in [0.25, 0.3) is 39.2 Å². The predicted octanol–water partition coefficient (Wildman–Crippen LogP) is 6.71. The Hall–Kier alpha value is -3.65. The summed E-state index contributed by atoms with van der Waals surface area (Å²) in [7, 11) is 2.17. The number of aromatic nitrogens is 2. The summed E-state index contributed by atoms with van der Waals surface area (Å²) in [5, 5.41) is 0. The van der Waals surface area contributed by atoms with Gasteiger partial charge in [-0.1, -0.05) is 66.2 Å². The molecule has 0 unspecified atom stereocenters. The zero-order valence-electron chi connectivity index (χ0n) is 18.6. The highest BCUT2D eigenvalue weighted by molar-refractivity contribution is 5.80. The second-order valence-corrected chi connectivity index (χ2v) is 8.44. The van der Waals surface area contributed by atoms with Crippen LogP contribution in [0.1, 0.15) is 16.7 Å². The summed E-state index contributed by atoms with van der Waals surface area (Å²) in [6, 6.07) is 32.9. The Morgan fingerprint density at radius 3 is 2.03 bits per heavy atom. The van der Waals surface area contributed by atoms with E-state index in [-0.39, 0.29) is 0 Å². The molecule has 5 aromatic rings. The maximum atomic E-state index is 2.39. The van der Waals surface area contributed by atoms with Crippen LogP contribution in [0.5, 0.6) is 0 Å². The average Bonchev–Trinajstić information content (AvgIpc) is 3.08. The van der Waals surface area contributed by atoms with E-state index in [0.29, 0.717) is 0 Å². The van der Waals surface area contributed by atoms with Crippen molar-refractivity contribution in [2.45, 2.75) is 20.8 Å². The minimum absolute atomic E-state index is 1.17. The highest BCUT2D eigenvalue weighted by Gasteiger charge is 2.27. The standard InChI is InChI=1S/C29H27N2/c1-20-10-12-22(3)26(18-20)29-30(4)28-19-21(2)11-17-27(28)31(29)25-15-13-24(14-16-25)23-8-6-5-7-9-23/h5-19H,1-4H3/q+1. The zero-order chi connectivity index (χ0) is 21.5. The summed E-state index contributed by atoms with van der Waals surface area (Å²) in [5.41, 5.74) is 11.2. The minimum Gasteiger partial charge on any atom is -0.225 e. The van der Waals surface area contributed by atoms with E-state index in [0.717, 1.165) is 0 Å². The summed E-state index contributed by atoms with van der Waals surface area (Å²) < 4.78 is 4.72. The van der Waals surface area contributed by atoms with E-state index >= 15 is 0 Å². The zero-order valence-corrected chi connectivity index (χ0v) is 18.6. The van der Waals surface area contributed by atoms with Crippen LogP contribution in [-0.2, 0) is 7.05 Å². The first kappa shape index (κ1) is 19.3. The number of benzene rings is 4. The Morgan fingerprint density at radius 1 is 0.645 bits per heavy atom. The van der Waals surface area contributed by atoms with Gasteiger partial charge in [-0.25, -0.2) is 4.57 Å². The van der Waals surface area contributed by atoms with Crippen molar-refractivity contribution < 1.29 is 4.57 Å². The molecule has 0 fully saturated rings. The lowest BCUT2D eigenvalue weighted by molar-refractivity contribution is -0.633. The molecule has 0 aliphatic carbocycles. The average molecular weight is 404 g/mol. The lowest BCUT2D eigenvalue weighted by Gasteiger charge is -2.08. The smallest absolute Gasteiger partial charge is 0.225 e. The number of nitrogens with zero attached hydrogens (tertiary/aromatic N) is 2. The number of aryl methyl sites for hydroxylation is 4. The van der Waals surface area contributed by atoms with E-state index in [2.05, 4.69) is 128 Å². The van der Waals surface area contributed by atoms with Crippen LogP contribution in [0.2, 0.25) is 0 Å². The van der Waals surface area contributed by atoms with Crippen LogP contribution in [0, 0.1) is 20.8 Å². The first-order valence-corrected chi connectivity index (χ1v) is 10.8. The van der Waals surface area contributed by atoms with Crippen molar-refractivity contribution in [3.8, 4) is 28.2 Å². The third kappa shape index (κ3) is 3.34. The number of hydrogen-bond donors (Lipinski definition) is 0. The van der Waals surface area contributed by atoms with Crippen LogP contribution in [0.15, 0.2) is 91.0 Å². The van der Waals surface area contributed by atoms with Gasteiger partial charge in [0.2, 0.25) is 0 Å². The molecule has 0 spiro atoms. The van der Waals surface area contributed by atoms with Gasteiger partial charge in [0.15, 0.2) is 11.0 Å². The molecule has 152 valence electrons. The van der Waals surface area contributed by atoms with E-state index in [1.54, 1.807) is 0 Å². The molecule has 31 heavy (non-hydrogen) atoms. The fraction of sp³-hybridized carbons (Fsp3) is 0.138. The molecule has 4 aromatic carbocycles. The van der Waals surface area contributed by atoms with Gasteiger partial charge in [0.1, 0.15) is 5.69 Å². The molecule has 5 rings (SSSR count). The van der Waals surface area contributed by atoms with Gasteiger partial charge in [-0.3, -0.25) is 0 Å². The van der Waals surface area contributed by atoms with Gasteiger partial charge in [-0.2, -0.15) is 4.57 Å². The van der Waals surface area contributed by atoms with Crippen molar-refractivity contribution >= 4 is 11.0 Å². The van der Waals surface area contributed by atoms with Crippen LogP contribution >= 0.6 is 0 Å². The summed E-state index contributed by atoms with van der Waals surface area (Å²) in [6.45, 7) is 6.51. The topological polar surface area (TPSA) is 8.81 Å². The maximum absolute atomic E-state index is 2.39. The highest BCUT2D eigenvalue weighted by Crippen LogP contribution is 2.31. The summed E-state index contributed by atoms with van der Waals surface area (Å²) in [4.78, 5) is 0. The SMILES string of the molecule is Cc1ccc(C)c(-c2n(-c3ccc(-c4ccccc4)cc3)c3ccc(C)cc3[n+]2C)c1. The van der Waals surface area contributed by atoms with Crippen LogP contribution in [-0.4, -0.2) is 4.57 Å². The van der Waals surface area contributed by atoms with Crippen molar-refractivity contribution in [2.24, 2.45) is 7.05 Å². The minimum atomic E-state index is 1.17. The van der Waals surface area contributed by atoms with Gasteiger partial charge in [-0.05, 0) is 73.4 Å². The van der Waals surface area contributed by atoms with Crippen molar-refractivity contribution in [1.29, 1.82) is 0 Å². The Bertz CT molecular complexity index is 1390. The van der Waals surface area contributed by atoms with Gasteiger partial charge in [-0.15, -0.1) is 0 Å². The molecule has 2 heteroatoms. The lowest BCUT2D eigenvalue weighted by Crippen LogP contribution is -2.30. The quantitative estimate of drug-likeness (QED) is 0.296. The van der Waals surface area contributed by atoms with Crippen molar-refractivity contribution in [3.05, 3.63) is 108 Å². The largest absolute Gasteiger partial charge is 0.295 e. The van der Waals surface area contributed by atoms with Crippen molar-refractivity contribution in [2.75, 3.05) is 0 Å². The Labute approximate surface area is 184 Å².